The molecule has 0 radical (unpaired) electrons. The van der Waals surface area contributed by atoms with E-state index in [1.54, 1.807) is 11.9 Å². The van der Waals surface area contributed by atoms with Gasteiger partial charge in [0, 0.05) is 36.1 Å². The quantitative estimate of drug-likeness (QED) is 0.262. The molecule has 5 heterocycles. The Kier molecular flexibility index (Phi) is 7.09. The second-order valence-corrected chi connectivity index (χ2v) is 13.2. The lowest BCUT2D eigenvalue weighted by Gasteiger charge is -2.31. The third-order valence-corrected chi connectivity index (χ3v) is 10.4. The van der Waals surface area contributed by atoms with Crippen LogP contribution >= 0.6 is 11.3 Å². The molecule has 2 aromatic heterocycles. The first-order valence-corrected chi connectivity index (χ1v) is 15.5. The molecule has 3 fully saturated rings. The van der Waals surface area contributed by atoms with Crippen LogP contribution in [0.3, 0.4) is 0 Å². The van der Waals surface area contributed by atoms with Crippen LogP contribution in [0.1, 0.15) is 37.7 Å². The van der Waals surface area contributed by atoms with Crippen LogP contribution in [0.15, 0.2) is 18.2 Å². The number of rotatable bonds is 6. The fourth-order valence-electron chi connectivity index (χ4n) is 7.27. The average Bonchev–Trinajstić information content (AvgIpc) is 3.75. The van der Waals surface area contributed by atoms with Gasteiger partial charge in [0.25, 0.3) is 0 Å². The molecule has 0 amide bonds. The van der Waals surface area contributed by atoms with Crippen molar-refractivity contribution in [2.75, 3.05) is 57.5 Å². The number of alkyl halides is 3. The summed E-state index contributed by atoms with van der Waals surface area (Å²) in [5, 5.41) is -0.127. The van der Waals surface area contributed by atoms with Crippen molar-refractivity contribution in [1.82, 2.24) is 24.8 Å². The van der Waals surface area contributed by atoms with E-state index >= 15 is 4.39 Å². The minimum atomic E-state index is -4.96. The maximum absolute atomic E-state index is 16.8. The van der Waals surface area contributed by atoms with E-state index in [4.69, 9.17) is 10.5 Å². The Balaban J connectivity index is 1.43. The molecule has 8 nitrogen and oxygen atoms in total. The van der Waals surface area contributed by atoms with Gasteiger partial charge in [0.05, 0.1) is 21.3 Å². The summed E-state index contributed by atoms with van der Waals surface area (Å²) in [6.45, 7) is 3.75. The number of nitrogens with two attached hydrogens (primary N) is 1. The minimum Gasteiger partial charge on any atom is -0.461 e. The summed E-state index contributed by atoms with van der Waals surface area (Å²) in [6.07, 6.45) is -0.163. The van der Waals surface area contributed by atoms with Crippen molar-refractivity contribution in [3.63, 3.8) is 0 Å². The van der Waals surface area contributed by atoms with Gasteiger partial charge in [-0.25, -0.2) is 13.8 Å². The zero-order valence-corrected chi connectivity index (χ0v) is 25.2. The highest BCUT2D eigenvalue weighted by Crippen LogP contribution is 2.46. The highest BCUT2D eigenvalue weighted by Gasteiger charge is 2.45. The van der Waals surface area contributed by atoms with Gasteiger partial charge in [0.1, 0.15) is 23.8 Å². The average molecular weight is 634 g/mol. The van der Waals surface area contributed by atoms with Gasteiger partial charge in [-0.3, -0.25) is 4.90 Å². The zero-order valence-electron chi connectivity index (χ0n) is 24.3. The van der Waals surface area contributed by atoms with E-state index in [-0.39, 0.29) is 55.2 Å². The Morgan fingerprint density at radius 3 is 2.52 bits per heavy atom. The van der Waals surface area contributed by atoms with Crippen LogP contribution in [0.2, 0.25) is 0 Å². The summed E-state index contributed by atoms with van der Waals surface area (Å²) in [5.74, 6) is -1.75. The molecule has 1 unspecified atom stereocenters. The van der Waals surface area contributed by atoms with Crippen LogP contribution in [0.4, 0.5) is 32.9 Å². The standard InChI is InChI=1S/C30H32F5N7OS/c1-40-12-7-16(14-40)41(2)26-18-13-19(30(33,34)35)21(17-5-6-20(31)25-24(17)37-27(36)44-25)22(32)23(18)38-28(39-26)43-15-29-8-3-10-42(29)11-4-9-29/h5-6,13,16H,3-4,7-12,14-15H2,1-2H3,(H2,36,37). The molecule has 2 aromatic carbocycles. The molecule has 0 spiro atoms. The number of benzene rings is 2. The van der Waals surface area contributed by atoms with Gasteiger partial charge in [-0.15, -0.1) is 0 Å². The summed E-state index contributed by atoms with van der Waals surface area (Å²) in [4.78, 5) is 19.4. The second kappa shape index (κ2) is 10.6. The lowest BCUT2D eigenvalue weighted by Crippen LogP contribution is -2.43. The van der Waals surface area contributed by atoms with E-state index in [0.29, 0.717) is 13.2 Å². The molecule has 3 aliphatic heterocycles. The Bertz CT molecular complexity index is 1750. The molecular weight excluding hydrogens is 601 g/mol. The third-order valence-electron chi connectivity index (χ3n) is 9.51. The minimum absolute atomic E-state index is 0.0446. The molecule has 14 heteroatoms. The molecule has 1 atom stereocenters. The van der Waals surface area contributed by atoms with E-state index in [2.05, 4.69) is 24.8 Å². The van der Waals surface area contributed by atoms with E-state index in [1.807, 2.05) is 7.05 Å². The number of aromatic nitrogens is 3. The van der Waals surface area contributed by atoms with Crippen LogP contribution in [0, 0.1) is 11.6 Å². The predicted octanol–water partition coefficient (Wildman–Crippen LogP) is 5.93. The van der Waals surface area contributed by atoms with Gasteiger partial charge in [0.2, 0.25) is 0 Å². The van der Waals surface area contributed by atoms with E-state index in [0.717, 1.165) is 81.3 Å². The summed E-state index contributed by atoms with van der Waals surface area (Å²) in [7, 11) is 3.72. The van der Waals surface area contributed by atoms with Crippen molar-refractivity contribution in [1.29, 1.82) is 0 Å². The van der Waals surface area contributed by atoms with E-state index < -0.39 is 28.9 Å². The largest absolute Gasteiger partial charge is 0.461 e. The monoisotopic (exact) mass is 633 g/mol. The Morgan fingerprint density at radius 2 is 1.84 bits per heavy atom. The summed E-state index contributed by atoms with van der Waals surface area (Å²) in [6, 6.07) is 2.84. The SMILES string of the molecule is CN1CCC(N(C)c2nc(OCC34CCCN3CCC4)nc3c(F)c(-c4ccc(F)c5sc(N)nc45)c(C(F)(F)F)cc23)C1. The molecule has 4 aromatic rings. The number of fused-ring (bicyclic) bond motifs is 3. The fourth-order valence-corrected chi connectivity index (χ4v) is 8.03. The highest BCUT2D eigenvalue weighted by molar-refractivity contribution is 7.22. The number of thiazole rings is 1. The van der Waals surface area contributed by atoms with Crippen LogP contribution in [-0.2, 0) is 6.18 Å². The van der Waals surface area contributed by atoms with Gasteiger partial charge >= 0.3 is 12.2 Å². The number of hydrogen-bond acceptors (Lipinski definition) is 9. The van der Waals surface area contributed by atoms with E-state index in [1.165, 1.54) is 0 Å². The summed E-state index contributed by atoms with van der Waals surface area (Å²) in [5.41, 5.74) is 2.98. The summed E-state index contributed by atoms with van der Waals surface area (Å²) >= 11 is 0.787. The third kappa shape index (κ3) is 4.81. The number of ether oxygens (including phenoxy) is 1. The van der Waals surface area contributed by atoms with E-state index in [9.17, 15) is 17.6 Å². The normalized spacial score (nSPS) is 20.7. The smallest absolute Gasteiger partial charge is 0.417 e. The van der Waals surface area contributed by atoms with Gasteiger partial charge in [0.15, 0.2) is 10.9 Å². The molecule has 0 bridgehead atoms. The lowest BCUT2D eigenvalue weighted by molar-refractivity contribution is -0.137. The van der Waals surface area contributed by atoms with Crippen LogP contribution < -0.4 is 15.4 Å². The second-order valence-electron chi connectivity index (χ2n) is 12.2. The molecule has 7 rings (SSSR count). The number of hydrogen-bond donors (Lipinski definition) is 1. The molecule has 44 heavy (non-hydrogen) atoms. The number of nitrogens with zero attached hydrogens (tertiary/aromatic N) is 6. The van der Waals surface area contributed by atoms with Crippen molar-refractivity contribution < 1.29 is 26.7 Å². The highest BCUT2D eigenvalue weighted by atomic mass is 32.1. The number of anilines is 2. The van der Waals surface area contributed by atoms with Crippen LogP contribution in [-0.4, -0.2) is 83.2 Å². The maximum Gasteiger partial charge on any atom is 0.417 e. The van der Waals surface area contributed by atoms with Crippen molar-refractivity contribution in [2.24, 2.45) is 0 Å². The number of likely N-dealkylation sites (tertiary alicyclic amines) is 1. The van der Waals surface area contributed by atoms with Crippen LogP contribution in [0.25, 0.3) is 32.2 Å². The molecule has 0 aliphatic carbocycles. The van der Waals surface area contributed by atoms with Crippen molar-refractivity contribution in [3.8, 4) is 17.1 Å². The topological polar surface area (TPSA) is 83.6 Å². The molecule has 0 saturated carbocycles. The number of nitrogen functional groups attached to an aromatic ring is 1. The Labute approximate surface area is 254 Å². The fraction of sp³-hybridized carbons (Fsp3) is 0.500. The molecule has 2 N–H and O–H groups in total. The van der Waals surface area contributed by atoms with Crippen molar-refractivity contribution >= 4 is 43.4 Å². The van der Waals surface area contributed by atoms with Crippen molar-refractivity contribution in [2.45, 2.75) is 49.9 Å². The van der Waals surface area contributed by atoms with Gasteiger partial charge in [-0.1, -0.05) is 11.3 Å². The first kappa shape index (κ1) is 29.4. The molecule has 3 aliphatic rings. The first-order valence-electron chi connectivity index (χ1n) is 14.7. The van der Waals surface area contributed by atoms with Gasteiger partial charge < -0.3 is 20.3 Å². The molecular formula is C30H32F5N7OS. The van der Waals surface area contributed by atoms with Gasteiger partial charge in [-0.05, 0) is 77.0 Å². The van der Waals surface area contributed by atoms with Crippen molar-refractivity contribution in [3.05, 3.63) is 35.4 Å². The summed E-state index contributed by atoms with van der Waals surface area (Å²) < 4.78 is 81.7. The Hall–Kier alpha value is -3.36. The molecule has 234 valence electrons. The predicted molar refractivity (Wildman–Crippen MR) is 160 cm³/mol. The Morgan fingerprint density at radius 1 is 1.09 bits per heavy atom. The number of likely N-dealkylation sites (N-methyl/N-ethyl adjacent to an activating group) is 2. The van der Waals surface area contributed by atoms with Crippen LogP contribution in [0.5, 0.6) is 6.01 Å². The molecule has 3 saturated heterocycles. The maximum atomic E-state index is 16.8. The van der Waals surface area contributed by atoms with Gasteiger partial charge in [-0.2, -0.15) is 23.1 Å². The number of halogens is 5. The first-order chi connectivity index (χ1) is 20.9. The lowest BCUT2D eigenvalue weighted by atomic mass is 9.95. The zero-order chi connectivity index (χ0) is 31.0.